The summed E-state index contributed by atoms with van der Waals surface area (Å²) in [6, 6.07) is 5.33. The Balaban J connectivity index is 2.37. The molecular weight excluding hydrogens is 292 g/mol. The fourth-order valence-electron chi connectivity index (χ4n) is 1.80. The Morgan fingerprint density at radius 3 is 2.57 bits per heavy atom. The van der Waals surface area contributed by atoms with Crippen LogP contribution >= 0.6 is 11.6 Å². The lowest BCUT2D eigenvalue weighted by Gasteiger charge is -2.14. The summed E-state index contributed by atoms with van der Waals surface area (Å²) in [5, 5.41) is 6.81. The molecule has 6 nitrogen and oxygen atoms in total. The number of nitrogens with zero attached hydrogens (tertiary/aromatic N) is 2. The van der Waals surface area contributed by atoms with E-state index in [0.29, 0.717) is 33.8 Å². The highest BCUT2D eigenvalue weighted by atomic mass is 35.5. The summed E-state index contributed by atoms with van der Waals surface area (Å²) in [7, 11) is 3.17. The van der Waals surface area contributed by atoms with Gasteiger partial charge in [-0.3, -0.25) is 0 Å². The molecule has 112 valence electrons. The molecule has 0 amide bonds. The normalized spacial score (nSPS) is 10.1. The van der Waals surface area contributed by atoms with Gasteiger partial charge < -0.3 is 20.1 Å². The number of aromatic nitrogens is 2. The fourth-order valence-corrected chi connectivity index (χ4v) is 1.97. The van der Waals surface area contributed by atoms with E-state index in [1.807, 2.05) is 6.92 Å². The maximum Gasteiger partial charge on any atom is 0.204 e. The molecule has 0 bridgehead atoms. The molecule has 1 aromatic heterocycles. The molecule has 1 heterocycles. The van der Waals surface area contributed by atoms with Gasteiger partial charge in [-0.15, -0.1) is 0 Å². The fraction of sp³-hybridized carbons (Fsp3) is 0.286. The molecule has 0 aliphatic heterocycles. The van der Waals surface area contributed by atoms with Crippen LogP contribution in [0.15, 0.2) is 24.5 Å². The molecule has 7 heteroatoms. The van der Waals surface area contributed by atoms with Crippen LogP contribution in [0.5, 0.6) is 11.5 Å². The van der Waals surface area contributed by atoms with Gasteiger partial charge in [0.15, 0.2) is 11.6 Å². The number of hydrogen-bond donors (Lipinski definition) is 2. The van der Waals surface area contributed by atoms with E-state index in [9.17, 15) is 0 Å². The van der Waals surface area contributed by atoms with Crippen molar-refractivity contribution in [2.75, 3.05) is 31.4 Å². The van der Waals surface area contributed by atoms with Gasteiger partial charge >= 0.3 is 0 Å². The molecule has 2 rings (SSSR count). The molecular formula is C14H17ClN4O2. The van der Waals surface area contributed by atoms with Crippen LogP contribution < -0.4 is 20.1 Å². The van der Waals surface area contributed by atoms with Gasteiger partial charge in [-0.1, -0.05) is 11.6 Å². The molecule has 21 heavy (non-hydrogen) atoms. The Hall–Kier alpha value is -2.21. The molecule has 0 fully saturated rings. The number of benzene rings is 1. The van der Waals surface area contributed by atoms with Crippen LogP contribution in [0.25, 0.3) is 0 Å². The highest BCUT2D eigenvalue weighted by molar-refractivity contribution is 6.33. The van der Waals surface area contributed by atoms with E-state index in [0.717, 1.165) is 6.54 Å². The van der Waals surface area contributed by atoms with Crippen LogP contribution in [0, 0.1) is 0 Å². The topological polar surface area (TPSA) is 68.3 Å². The lowest BCUT2D eigenvalue weighted by molar-refractivity contribution is 0.414. The maximum atomic E-state index is 6.18. The van der Waals surface area contributed by atoms with Crippen LogP contribution in [-0.4, -0.2) is 30.7 Å². The van der Waals surface area contributed by atoms with Crippen molar-refractivity contribution < 1.29 is 9.47 Å². The minimum absolute atomic E-state index is 0.526. The largest absolute Gasteiger partial charge is 0.497 e. The molecule has 0 radical (unpaired) electrons. The average Bonchev–Trinajstić information content (AvgIpc) is 2.50. The SMILES string of the molecule is CCNc1ncnc(Nc2cc(OC)ccc2Cl)c1OC. The van der Waals surface area contributed by atoms with Crippen LogP contribution in [0.3, 0.4) is 0 Å². The van der Waals surface area contributed by atoms with Gasteiger partial charge in [-0.2, -0.15) is 0 Å². The monoisotopic (exact) mass is 308 g/mol. The van der Waals surface area contributed by atoms with Crippen molar-refractivity contribution in [3.63, 3.8) is 0 Å². The zero-order valence-electron chi connectivity index (χ0n) is 12.1. The van der Waals surface area contributed by atoms with E-state index >= 15 is 0 Å². The molecule has 2 aromatic rings. The third-order valence-electron chi connectivity index (χ3n) is 2.78. The maximum absolute atomic E-state index is 6.18. The number of ether oxygens (including phenoxy) is 2. The lowest BCUT2D eigenvalue weighted by Crippen LogP contribution is -2.06. The first-order valence-electron chi connectivity index (χ1n) is 6.43. The van der Waals surface area contributed by atoms with Gasteiger partial charge in [0, 0.05) is 12.6 Å². The molecule has 0 aliphatic rings. The molecule has 2 N–H and O–H groups in total. The standard InChI is InChI=1S/C14H17ClN4O2/c1-4-16-13-12(21-3)14(18-8-17-13)19-11-7-9(20-2)5-6-10(11)15/h5-8H,4H2,1-3H3,(H2,16,17,18,19). The Labute approximate surface area is 128 Å². The Morgan fingerprint density at radius 2 is 1.90 bits per heavy atom. The van der Waals surface area contributed by atoms with Crippen LogP contribution in [0.4, 0.5) is 17.3 Å². The van der Waals surface area contributed by atoms with E-state index in [1.54, 1.807) is 32.4 Å². The Kier molecular flexibility index (Phi) is 5.05. The van der Waals surface area contributed by atoms with Crippen molar-refractivity contribution in [1.82, 2.24) is 9.97 Å². The highest BCUT2D eigenvalue weighted by Gasteiger charge is 2.13. The average molecular weight is 309 g/mol. The number of rotatable bonds is 6. The predicted molar refractivity (Wildman–Crippen MR) is 84.0 cm³/mol. The molecule has 0 saturated heterocycles. The number of anilines is 3. The number of methoxy groups -OCH3 is 2. The molecule has 0 aliphatic carbocycles. The summed E-state index contributed by atoms with van der Waals surface area (Å²) in [5.74, 6) is 2.37. The van der Waals surface area contributed by atoms with Crippen molar-refractivity contribution in [3.05, 3.63) is 29.5 Å². The molecule has 0 unspecified atom stereocenters. The van der Waals surface area contributed by atoms with Gasteiger partial charge in [-0.05, 0) is 19.1 Å². The summed E-state index contributed by atoms with van der Waals surface area (Å²) < 4.78 is 10.6. The van der Waals surface area contributed by atoms with Gasteiger partial charge in [0.1, 0.15) is 12.1 Å². The molecule has 0 saturated carbocycles. The summed E-state index contributed by atoms with van der Waals surface area (Å²) in [4.78, 5) is 8.35. The van der Waals surface area contributed by atoms with Crippen molar-refractivity contribution >= 4 is 28.9 Å². The van der Waals surface area contributed by atoms with E-state index in [4.69, 9.17) is 21.1 Å². The third kappa shape index (κ3) is 3.46. The third-order valence-corrected chi connectivity index (χ3v) is 3.11. The lowest BCUT2D eigenvalue weighted by atomic mass is 10.3. The van der Waals surface area contributed by atoms with E-state index in [1.165, 1.54) is 6.33 Å². The van der Waals surface area contributed by atoms with E-state index < -0.39 is 0 Å². The summed E-state index contributed by atoms with van der Waals surface area (Å²) in [6.45, 7) is 2.71. The second kappa shape index (κ2) is 6.99. The summed E-state index contributed by atoms with van der Waals surface area (Å²) in [5.41, 5.74) is 0.676. The Bertz CT molecular complexity index is 622. The first-order valence-corrected chi connectivity index (χ1v) is 6.80. The van der Waals surface area contributed by atoms with Crippen LogP contribution in [0.1, 0.15) is 6.92 Å². The van der Waals surface area contributed by atoms with Gasteiger partial charge in [-0.25, -0.2) is 9.97 Å². The van der Waals surface area contributed by atoms with Gasteiger partial charge in [0.05, 0.1) is 24.9 Å². The predicted octanol–water partition coefficient (Wildman–Crippen LogP) is 3.32. The molecule has 0 spiro atoms. The minimum atomic E-state index is 0.526. The van der Waals surface area contributed by atoms with Gasteiger partial charge in [0.25, 0.3) is 0 Å². The zero-order valence-corrected chi connectivity index (χ0v) is 12.9. The van der Waals surface area contributed by atoms with Gasteiger partial charge in [0.2, 0.25) is 5.75 Å². The molecule has 1 aromatic carbocycles. The smallest absolute Gasteiger partial charge is 0.204 e. The van der Waals surface area contributed by atoms with E-state index in [2.05, 4.69) is 20.6 Å². The summed E-state index contributed by atoms with van der Waals surface area (Å²) in [6.07, 6.45) is 1.46. The number of nitrogens with one attached hydrogen (secondary N) is 2. The summed E-state index contributed by atoms with van der Waals surface area (Å²) >= 11 is 6.18. The van der Waals surface area contributed by atoms with E-state index in [-0.39, 0.29) is 0 Å². The van der Waals surface area contributed by atoms with Crippen LogP contribution in [0.2, 0.25) is 5.02 Å². The first kappa shape index (κ1) is 15.2. The van der Waals surface area contributed by atoms with Crippen molar-refractivity contribution in [3.8, 4) is 11.5 Å². The number of halogens is 1. The van der Waals surface area contributed by atoms with Crippen molar-refractivity contribution in [2.24, 2.45) is 0 Å². The van der Waals surface area contributed by atoms with Crippen molar-refractivity contribution in [2.45, 2.75) is 6.92 Å². The van der Waals surface area contributed by atoms with Crippen molar-refractivity contribution in [1.29, 1.82) is 0 Å². The molecule has 0 atom stereocenters. The number of hydrogen-bond acceptors (Lipinski definition) is 6. The highest BCUT2D eigenvalue weighted by Crippen LogP contribution is 2.34. The second-order valence-electron chi connectivity index (χ2n) is 4.11. The Morgan fingerprint density at radius 1 is 1.14 bits per heavy atom. The quantitative estimate of drug-likeness (QED) is 0.853. The minimum Gasteiger partial charge on any atom is -0.497 e. The first-order chi connectivity index (χ1) is 10.2. The van der Waals surface area contributed by atoms with Crippen LogP contribution in [-0.2, 0) is 0 Å². The zero-order chi connectivity index (χ0) is 15.2. The second-order valence-corrected chi connectivity index (χ2v) is 4.51.